The Kier molecular flexibility index (Phi) is 9.47. The van der Waals surface area contributed by atoms with Gasteiger partial charge in [0.2, 0.25) is 17.7 Å². The summed E-state index contributed by atoms with van der Waals surface area (Å²) in [6.07, 6.45) is 5.00. The van der Waals surface area contributed by atoms with E-state index in [0.717, 1.165) is 50.9 Å². The highest BCUT2D eigenvalue weighted by Gasteiger charge is 2.46. The normalized spacial score (nSPS) is 23.6. The molecular weight excluding hydrogens is 432 g/mol. The molecule has 1 heterocycles. The van der Waals surface area contributed by atoms with Crippen LogP contribution in [0.25, 0.3) is 0 Å². The van der Waals surface area contributed by atoms with E-state index in [0.29, 0.717) is 25.8 Å². The van der Waals surface area contributed by atoms with Crippen LogP contribution in [0.5, 0.6) is 0 Å². The molecule has 1 aromatic rings. The molecular formula is C26H40N4O4. The molecule has 8 nitrogen and oxygen atoms in total. The van der Waals surface area contributed by atoms with Crippen LogP contribution in [0.3, 0.4) is 0 Å². The monoisotopic (exact) mass is 472 g/mol. The van der Waals surface area contributed by atoms with E-state index in [2.05, 4.69) is 29.4 Å². The zero-order valence-electron chi connectivity index (χ0n) is 20.6. The van der Waals surface area contributed by atoms with Crippen LogP contribution < -0.4 is 16.4 Å². The number of nitrogens with zero attached hydrogens (tertiary/aromatic N) is 1. The van der Waals surface area contributed by atoms with Crippen molar-refractivity contribution < 1.29 is 19.1 Å². The average Bonchev–Trinajstić information content (AvgIpc) is 2.81. The summed E-state index contributed by atoms with van der Waals surface area (Å²) < 4.78 is 5.78. The molecule has 1 saturated carbocycles. The number of carbonyl (C=O) groups excluding carboxylic acids is 3. The Bertz CT molecular complexity index is 815. The maximum Gasteiger partial charge on any atom is 0.242 e. The summed E-state index contributed by atoms with van der Waals surface area (Å²) in [5.74, 6) is -1.26. The third-order valence-electron chi connectivity index (χ3n) is 6.96. The first-order valence-electron chi connectivity index (χ1n) is 12.6. The van der Waals surface area contributed by atoms with Gasteiger partial charge in [-0.15, -0.1) is 0 Å². The van der Waals surface area contributed by atoms with Crippen LogP contribution in [0, 0.1) is 5.41 Å². The molecule has 1 saturated heterocycles. The van der Waals surface area contributed by atoms with Crippen molar-refractivity contribution in [1.29, 1.82) is 0 Å². The van der Waals surface area contributed by atoms with Crippen molar-refractivity contribution in [3.05, 3.63) is 35.9 Å². The van der Waals surface area contributed by atoms with Gasteiger partial charge >= 0.3 is 0 Å². The summed E-state index contributed by atoms with van der Waals surface area (Å²) in [4.78, 5) is 41.0. The minimum Gasteiger partial charge on any atom is -0.373 e. The zero-order chi connectivity index (χ0) is 24.6. The van der Waals surface area contributed by atoms with Gasteiger partial charge in [-0.1, -0.05) is 49.6 Å². The molecule has 0 radical (unpaired) electrons. The van der Waals surface area contributed by atoms with Gasteiger partial charge in [0.15, 0.2) is 0 Å². The molecule has 0 spiro atoms. The molecule has 188 valence electrons. The Balaban J connectivity index is 1.60. The number of amides is 3. The molecule has 1 aromatic carbocycles. The largest absolute Gasteiger partial charge is 0.373 e. The molecule has 2 fully saturated rings. The Morgan fingerprint density at radius 2 is 1.74 bits per heavy atom. The van der Waals surface area contributed by atoms with Gasteiger partial charge in [0.1, 0.15) is 11.5 Å². The van der Waals surface area contributed by atoms with E-state index in [1.165, 1.54) is 0 Å². The van der Waals surface area contributed by atoms with Crippen molar-refractivity contribution in [2.45, 2.75) is 77.0 Å². The Labute approximate surface area is 203 Å². The minimum absolute atomic E-state index is 0.209. The molecule has 2 aliphatic rings. The number of carbonyl (C=O) groups is 3. The van der Waals surface area contributed by atoms with E-state index in [-0.39, 0.29) is 18.1 Å². The van der Waals surface area contributed by atoms with Gasteiger partial charge in [-0.3, -0.25) is 19.3 Å². The maximum atomic E-state index is 13.3. The highest BCUT2D eigenvalue weighted by Crippen LogP contribution is 2.36. The molecule has 0 aromatic heterocycles. The fourth-order valence-corrected chi connectivity index (χ4v) is 5.20. The average molecular weight is 473 g/mol. The lowest BCUT2D eigenvalue weighted by Crippen LogP contribution is -2.56. The molecule has 4 N–H and O–H groups in total. The SMILES string of the molecule is CC1CN(CCCNC(=O)C(Cc2ccccc2)NC(=O)C2(C(N)=O)CCCCC2)CC(C)O1. The molecule has 3 unspecified atom stereocenters. The first-order chi connectivity index (χ1) is 16.3. The van der Waals surface area contributed by atoms with Crippen LogP contribution in [-0.4, -0.2) is 67.1 Å². The second kappa shape index (κ2) is 12.3. The summed E-state index contributed by atoms with van der Waals surface area (Å²) in [6.45, 7) is 7.32. The molecule has 1 aliphatic carbocycles. The van der Waals surface area contributed by atoms with E-state index in [9.17, 15) is 14.4 Å². The number of ether oxygens (including phenoxy) is 1. The molecule has 0 bridgehead atoms. The third kappa shape index (κ3) is 7.03. The lowest BCUT2D eigenvalue weighted by molar-refractivity contribution is -0.146. The van der Waals surface area contributed by atoms with E-state index in [1.54, 1.807) is 0 Å². The number of hydrogen-bond donors (Lipinski definition) is 3. The Morgan fingerprint density at radius 1 is 1.09 bits per heavy atom. The first kappa shape index (κ1) is 26.2. The van der Waals surface area contributed by atoms with Crippen molar-refractivity contribution >= 4 is 17.7 Å². The lowest BCUT2D eigenvalue weighted by atomic mass is 9.72. The molecule has 3 rings (SSSR count). The van der Waals surface area contributed by atoms with E-state index < -0.39 is 23.3 Å². The Hall–Kier alpha value is -2.45. The summed E-state index contributed by atoms with van der Waals surface area (Å²) in [7, 11) is 0. The van der Waals surface area contributed by atoms with Gasteiger partial charge in [0, 0.05) is 32.6 Å². The summed E-state index contributed by atoms with van der Waals surface area (Å²) in [5, 5.41) is 5.87. The summed E-state index contributed by atoms with van der Waals surface area (Å²) in [5.41, 5.74) is 5.40. The highest BCUT2D eigenvalue weighted by atomic mass is 16.5. The Morgan fingerprint density at radius 3 is 2.35 bits per heavy atom. The van der Waals surface area contributed by atoms with Gasteiger partial charge < -0.3 is 21.1 Å². The van der Waals surface area contributed by atoms with Crippen LogP contribution in [-0.2, 0) is 25.5 Å². The van der Waals surface area contributed by atoms with Crippen LogP contribution in [0.4, 0.5) is 0 Å². The second-order valence-electron chi connectivity index (χ2n) is 9.88. The van der Waals surface area contributed by atoms with E-state index in [1.807, 2.05) is 30.3 Å². The van der Waals surface area contributed by atoms with Crippen molar-refractivity contribution in [3.8, 4) is 0 Å². The van der Waals surface area contributed by atoms with Gasteiger partial charge in [-0.2, -0.15) is 0 Å². The molecule has 3 amide bonds. The highest BCUT2D eigenvalue weighted by molar-refractivity contribution is 6.05. The molecule has 3 atom stereocenters. The van der Waals surface area contributed by atoms with Gasteiger partial charge in [-0.25, -0.2) is 0 Å². The zero-order valence-corrected chi connectivity index (χ0v) is 20.6. The number of hydrogen-bond acceptors (Lipinski definition) is 5. The number of benzene rings is 1. The summed E-state index contributed by atoms with van der Waals surface area (Å²) in [6, 6.07) is 8.81. The summed E-state index contributed by atoms with van der Waals surface area (Å²) >= 11 is 0. The van der Waals surface area contributed by atoms with Crippen LogP contribution in [0.2, 0.25) is 0 Å². The molecule has 1 aliphatic heterocycles. The van der Waals surface area contributed by atoms with E-state index in [4.69, 9.17) is 10.5 Å². The van der Waals surface area contributed by atoms with Crippen LogP contribution in [0.15, 0.2) is 30.3 Å². The minimum atomic E-state index is -1.23. The molecule has 8 heteroatoms. The van der Waals surface area contributed by atoms with Crippen molar-refractivity contribution in [2.24, 2.45) is 11.1 Å². The topological polar surface area (TPSA) is 114 Å². The van der Waals surface area contributed by atoms with Crippen LogP contribution >= 0.6 is 0 Å². The third-order valence-corrected chi connectivity index (χ3v) is 6.96. The molecule has 34 heavy (non-hydrogen) atoms. The number of morpholine rings is 1. The predicted molar refractivity (Wildman–Crippen MR) is 131 cm³/mol. The van der Waals surface area contributed by atoms with Gasteiger partial charge in [-0.05, 0) is 38.7 Å². The van der Waals surface area contributed by atoms with Gasteiger partial charge in [0.25, 0.3) is 0 Å². The predicted octanol–water partition coefficient (Wildman–Crippen LogP) is 1.77. The fraction of sp³-hybridized carbons (Fsp3) is 0.654. The number of rotatable bonds is 10. The smallest absolute Gasteiger partial charge is 0.242 e. The standard InChI is InChI=1S/C26H40N4O4/c1-19-17-30(18-20(2)34-19)15-9-14-28-23(31)22(16-21-10-5-3-6-11-21)29-25(33)26(24(27)32)12-7-4-8-13-26/h3,5-6,10-11,19-20,22H,4,7-9,12-18H2,1-2H3,(H2,27,32)(H,28,31)(H,29,33). The first-order valence-corrected chi connectivity index (χ1v) is 12.6. The maximum absolute atomic E-state index is 13.3. The number of primary amides is 1. The second-order valence-corrected chi connectivity index (χ2v) is 9.88. The number of nitrogens with one attached hydrogen (secondary N) is 2. The van der Waals surface area contributed by atoms with E-state index >= 15 is 0 Å². The lowest BCUT2D eigenvalue weighted by Gasteiger charge is -2.35. The van der Waals surface area contributed by atoms with Crippen molar-refractivity contribution in [2.75, 3.05) is 26.2 Å². The van der Waals surface area contributed by atoms with Gasteiger partial charge in [0.05, 0.1) is 12.2 Å². The quantitative estimate of drug-likeness (QED) is 0.355. The fourth-order valence-electron chi connectivity index (χ4n) is 5.20. The van der Waals surface area contributed by atoms with Crippen LogP contribution in [0.1, 0.15) is 57.9 Å². The number of nitrogens with two attached hydrogens (primary N) is 1. The van der Waals surface area contributed by atoms with Crippen molar-refractivity contribution in [3.63, 3.8) is 0 Å². The van der Waals surface area contributed by atoms with Crippen molar-refractivity contribution in [1.82, 2.24) is 15.5 Å².